The van der Waals surface area contributed by atoms with Crippen LogP contribution in [0.15, 0.2) is 48.5 Å². The van der Waals surface area contributed by atoms with Gasteiger partial charge in [-0.2, -0.15) is 0 Å². The first-order valence-corrected chi connectivity index (χ1v) is 8.10. The van der Waals surface area contributed by atoms with Crippen LogP contribution >= 0.6 is 0 Å². The van der Waals surface area contributed by atoms with Crippen molar-refractivity contribution in [1.82, 2.24) is 4.90 Å². The lowest BCUT2D eigenvalue weighted by Gasteiger charge is -2.41. The molecule has 2 atom stereocenters. The number of carbonyl (C=O) groups is 2. The largest absolute Gasteiger partial charge is 0.480 e. The van der Waals surface area contributed by atoms with Gasteiger partial charge in [-0.3, -0.25) is 4.90 Å². The van der Waals surface area contributed by atoms with E-state index >= 15 is 0 Å². The lowest BCUT2D eigenvalue weighted by molar-refractivity contribution is -0.157. The summed E-state index contributed by atoms with van der Waals surface area (Å²) < 4.78 is 5.38. The third-order valence-electron chi connectivity index (χ3n) is 4.91. The molecule has 2 N–H and O–H groups in total. The molecule has 25 heavy (non-hydrogen) atoms. The third kappa shape index (κ3) is 2.46. The molecule has 0 saturated carbocycles. The number of hydrogen-bond donors (Lipinski definition) is 2. The number of aliphatic carboxylic acids is 1. The van der Waals surface area contributed by atoms with Gasteiger partial charge in [0.05, 0.1) is 6.54 Å². The number of nitrogens with zero attached hydrogens (tertiary/aromatic N) is 1. The van der Waals surface area contributed by atoms with Crippen molar-refractivity contribution in [2.75, 3.05) is 13.2 Å². The van der Waals surface area contributed by atoms with Gasteiger partial charge in [0.2, 0.25) is 0 Å². The maximum absolute atomic E-state index is 12.2. The van der Waals surface area contributed by atoms with Gasteiger partial charge in [-0.1, -0.05) is 48.5 Å². The molecule has 1 heterocycles. The molecule has 6 nitrogen and oxygen atoms in total. The summed E-state index contributed by atoms with van der Waals surface area (Å²) in [5.74, 6) is -1.31. The Morgan fingerprint density at radius 3 is 2.12 bits per heavy atom. The van der Waals surface area contributed by atoms with Gasteiger partial charge in [-0.15, -0.1) is 0 Å². The minimum atomic E-state index is -1.23. The zero-order chi connectivity index (χ0) is 17.6. The number of rotatable bonds is 3. The van der Waals surface area contributed by atoms with Crippen LogP contribution in [0.5, 0.6) is 0 Å². The zero-order valence-electron chi connectivity index (χ0n) is 13.3. The van der Waals surface area contributed by atoms with E-state index in [0.29, 0.717) is 0 Å². The predicted octanol–water partition coefficient (Wildman–Crippen LogP) is 2.07. The van der Waals surface area contributed by atoms with E-state index in [-0.39, 0.29) is 19.1 Å². The number of carboxylic acids is 1. The van der Waals surface area contributed by atoms with Crippen LogP contribution in [-0.2, 0) is 9.53 Å². The maximum Gasteiger partial charge on any atom is 0.410 e. The maximum atomic E-state index is 12.2. The molecule has 2 aromatic rings. The Morgan fingerprint density at radius 2 is 1.60 bits per heavy atom. The van der Waals surface area contributed by atoms with Crippen molar-refractivity contribution in [2.24, 2.45) is 0 Å². The summed E-state index contributed by atoms with van der Waals surface area (Å²) in [4.78, 5) is 24.3. The summed E-state index contributed by atoms with van der Waals surface area (Å²) in [5.41, 5.74) is 4.44. The number of fused-ring (bicyclic) bond motifs is 3. The highest BCUT2D eigenvalue weighted by Crippen LogP contribution is 2.44. The Kier molecular flexibility index (Phi) is 3.69. The number of hydrogen-bond acceptors (Lipinski definition) is 4. The van der Waals surface area contributed by atoms with E-state index in [9.17, 15) is 14.7 Å². The number of likely N-dealkylation sites (tertiary alicyclic amines) is 1. The molecule has 2 aliphatic rings. The van der Waals surface area contributed by atoms with Gasteiger partial charge in [0, 0.05) is 5.92 Å². The molecule has 1 aliphatic carbocycles. The first-order chi connectivity index (χ1) is 12.1. The second-order valence-electron chi connectivity index (χ2n) is 6.31. The SMILES string of the molecule is O=C(O)[C@H]1[C@@H](O)CN1C(=O)OCC1c2ccccc2-c2ccccc21. The normalized spacial score (nSPS) is 21.2. The van der Waals surface area contributed by atoms with Crippen LogP contribution in [0.4, 0.5) is 4.79 Å². The molecule has 1 saturated heterocycles. The van der Waals surface area contributed by atoms with E-state index in [1.807, 2.05) is 48.5 Å². The summed E-state index contributed by atoms with van der Waals surface area (Å²) in [5, 5.41) is 18.6. The van der Waals surface area contributed by atoms with E-state index in [1.54, 1.807) is 0 Å². The molecule has 0 unspecified atom stereocenters. The van der Waals surface area contributed by atoms with E-state index in [4.69, 9.17) is 9.84 Å². The number of aliphatic hydroxyl groups is 1. The summed E-state index contributed by atoms with van der Waals surface area (Å²) in [6.07, 6.45) is -1.75. The van der Waals surface area contributed by atoms with Crippen molar-refractivity contribution < 1.29 is 24.5 Å². The average molecular weight is 339 g/mol. The molecule has 1 fully saturated rings. The van der Waals surface area contributed by atoms with Gasteiger partial charge in [0.25, 0.3) is 0 Å². The number of ether oxygens (including phenoxy) is 1. The molecule has 1 amide bonds. The monoisotopic (exact) mass is 339 g/mol. The Morgan fingerprint density at radius 1 is 1.04 bits per heavy atom. The molecule has 0 radical (unpaired) electrons. The van der Waals surface area contributed by atoms with Crippen LogP contribution in [0.3, 0.4) is 0 Å². The van der Waals surface area contributed by atoms with Gasteiger partial charge >= 0.3 is 12.1 Å². The van der Waals surface area contributed by atoms with E-state index in [1.165, 1.54) is 0 Å². The van der Waals surface area contributed by atoms with Crippen molar-refractivity contribution in [3.63, 3.8) is 0 Å². The van der Waals surface area contributed by atoms with Crippen molar-refractivity contribution in [3.8, 4) is 11.1 Å². The molecule has 1 aliphatic heterocycles. The summed E-state index contributed by atoms with van der Waals surface area (Å²) in [6, 6.07) is 14.7. The number of amides is 1. The van der Waals surface area contributed by atoms with Crippen LogP contribution in [0.25, 0.3) is 11.1 Å². The van der Waals surface area contributed by atoms with Crippen molar-refractivity contribution in [3.05, 3.63) is 59.7 Å². The van der Waals surface area contributed by atoms with E-state index in [2.05, 4.69) is 0 Å². The van der Waals surface area contributed by atoms with E-state index < -0.39 is 24.2 Å². The molecular formula is C19H17NO5. The standard InChI is InChI=1S/C19H17NO5/c21-16-9-20(17(16)18(22)23)19(24)25-10-15-13-7-3-1-5-11(13)12-6-2-4-8-14(12)15/h1-8,15-17,21H,9-10H2,(H,22,23)/t16-,17+/m0/s1. The second kappa shape index (κ2) is 5.89. The highest BCUT2D eigenvalue weighted by Gasteiger charge is 2.47. The molecule has 128 valence electrons. The van der Waals surface area contributed by atoms with Gasteiger partial charge in [0.1, 0.15) is 12.7 Å². The first-order valence-electron chi connectivity index (χ1n) is 8.10. The molecule has 2 aromatic carbocycles. The number of aliphatic hydroxyl groups excluding tert-OH is 1. The lowest BCUT2D eigenvalue weighted by Crippen LogP contribution is -2.65. The fraction of sp³-hybridized carbons (Fsp3) is 0.263. The summed E-state index contributed by atoms with van der Waals surface area (Å²) in [7, 11) is 0. The highest BCUT2D eigenvalue weighted by molar-refractivity contribution is 5.83. The topological polar surface area (TPSA) is 87.1 Å². The van der Waals surface area contributed by atoms with Crippen molar-refractivity contribution >= 4 is 12.1 Å². The van der Waals surface area contributed by atoms with Crippen LogP contribution in [-0.4, -0.2) is 52.5 Å². The molecule has 0 spiro atoms. The molecule has 0 bridgehead atoms. The quantitative estimate of drug-likeness (QED) is 0.894. The van der Waals surface area contributed by atoms with Crippen molar-refractivity contribution in [1.29, 1.82) is 0 Å². The zero-order valence-corrected chi connectivity index (χ0v) is 13.3. The summed E-state index contributed by atoms with van der Waals surface area (Å²) in [6.45, 7) is 0.111. The molecular weight excluding hydrogens is 322 g/mol. The molecule has 6 heteroatoms. The van der Waals surface area contributed by atoms with Crippen LogP contribution < -0.4 is 0 Å². The minimum absolute atomic E-state index is 0.0202. The Balaban J connectivity index is 1.52. The van der Waals surface area contributed by atoms with Gasteiger partial charge in [-0.05, 0) is 22.3 Å². The molecule has 0 aromatic heterocycles. The second-order valence-corrected chi connectivity index (χ2v) is 6.31. The van der Waals surface area contributed by atoms with Crippen LogP contribution in [0.2, 0.25) is 0 Å². The highest BCUT2D eigenvalue weighted by atomic mass is 16.6. The Hall–Kier alpha value is -2.86. The predicted molar refractivity (Wildman–Crippen MR) is 89.2 cm³/mol. The lowest BCUT2D eigenvalue weighted by atomic mass is 9.98. The Labute approximate surface area is 144 Å². The van der Waals surface area contributed by atoms with E-state index in [0.717, 1.165) is 27.2 Å². The third-order valence-corrected chi connectivity index (χ3v) is 4.91. The first kappa shape index (κ1) is 15.7. The van der Waals surface area contributed by atoms with Crippen molar-refractivity contribution in [2.45, 2.75) is 18.1 Å². The Bertz CT molecular complexity index is 804. The van der Waals surface area contributed by atoms with Gasteiger partial charge in [-0.25, -0.2) is 9.59 Å². The fourth-order valence-corrected chi connectivity index (χ4v) is 3.65. The minimum Gasteiger partial charge on any atom is -0.480 e. The van der Waals surface area contributed by atoms with Crippen LogP contribution in [0, 0.1) is 0 Å². The summed E-state index contributed by atoms with van der Waals surface area (Å²) >= 11 is 0. The number of β-amino-alcohol motifs (C(OH)–C–C–N with tert-alkyl or cyclic N) is 1. The number of carboxylic acid groups (broad SMARTS) is 1. The number of carbonyl (C=O) groups excluding carboxylic acids is 1. The smallest absolute Gasteiger partial charge is 0.410 e. The van der Waals surface area contributed by atoms with Crippen LogP contribution in [0.1, 0.15) is 17.0 Å². The van der Waals surface area contributed by atoms with Gasteiger partial charge < -0.3 is 14.9 Å². The van der Waals surface area contributed by atoms with Gasteiger partial charge in [0.15, 0.2) is 6.04 Å². The molecule has 4 rings (SSSR count). The number of benzene rings is 2. The average Bonchev–Trinajstić information content (AvgIpc) is 2.91. The fourth-order valence-electron chi connectivity index (χ4n) is 3.65.